The predicted molar refractivity (Wildman–Crippen MR) is 243 cm³/mol. The molecular formula is C52H37N5S. The third-order valence-corrected chi connectivity index (χ3v) is 13.2. The van der Waals surface area contributed by atoms with Gasteiger partial charge in [0.05, 0.1) is 21.4 Å². The third kappa shape index (κ3) is 5.36. The van der Waals surface area contributed by atoms with Crippen LogP contribution >= 0.6 is 11.3 Å². The highest BCUT2D eigenvalue weighted by Crippen LogP contribution is 2.43. The van der Waals surface area contributed by atoms with Gasteiger partial charge in [-0.1, -0.05) is 129 Å². The third-order valence-electron chi connectivity index (χ3n) is 12.0. The van der Waals surface area contributed by atoms with Gasteiger partial charge in [0, 0.05) is 37.6 Å². The van der Waals surface area contributed by atoms with Gasteiger partial charge in [-0.25, -0.2) is 19.9 Å². The molecule has 2 atom stereocenters. The molecule has 0 aliphatic heterocycles. The summed E-state index contributed by atoms with van der Waals surface area (Å²) in [5, 5.41) is 7.42. The molecule has 0 fully saturated rings. The number of imidazole rings is 1. The first-order valence-electron chi connectivity index (χ1n) is 20.2. The molecular weight excluding hydrogens is 727 g/mol. The van der Waals surface area contributed by atoms with Crippen LogP contribution in [0.4, 0.5) is 0 Å². The average Bonchev–Trinajstić information content (AvgIpc) is 3.84. The molecule has 4 aromatic heterocycles. The fourth-order valence-corrected chi connectivity index (χ4v) is 10.1. The van der Waals surface area contributed by atoms with Gasteiger partial charge in [0.1, 0.15) is 0 Å². The molecule has 6 heteroatoms. The molecule has 2 aliphatic rings. The fourth-order valence-electron chi connectivity index (χ4n) is 8.94. The van der Waals surface area contributed by atoms with E-state index in [9.17, 15) is 0 Å². The van der Waals surface area contributed by atoms with Crippen LogP contribution in [0.15, 0.2) is 146 Å². The standard InChI is InChI=1S/C52H37N5S/c1-30-12-15-34(16-13-30)50-54-49(33-8-4-3-5-9-33)55-51(56-50)35-20-18-32(19-21-35)45-29-43-42-26-36-10-6-7-11-37(36)28-46(42)58-48(43)52-53-47-41-27-40-24-31(2)14-17-38(40)25-39(41)22-23-44(47)57(45)52/h3-12,14-23,25-31H,13,24H2,1-2H3. The Labute approximate surface area is 339 Å². The molecule has 4 heterocycles. The molecule has 276 valence electrons. The smallest absolute Gasteiger partial charge is 0.164 e. The zero-order valence-corrected chi connectivity index (χ0v) is 33.0. The van der Waals surface area contributed by atoms with Crippen LogP contribution in [0.3, 0.4) is 0 Å². The van der Waals surface area contributed by atoms with Crippen molar-refractivity contribution in [1.29, 1.82) is 0 Å². The summed E-state index contributed by atoms with van der Waals surface area (Å²) in [6.45, 7) is 4.52. The van der Waals surface area contributed by atoms with E-state index in [0.29, 0.717) is 29.3 Å². The average molecular weight is 764 g/mol. The number of fused-ring (bicyclic) bond motifs is 11. The summed E-state index contributed by atoms with van der Waals surface area (Å²) in [6, 6.07) is 43.9. The lowest BCUT2D eigenvalue weighted by Gasteiger charge is -2.16. The van der Waals surface area contributed by atoms with E-state index in [1.807, 2.05) is 29.5 Å². The van der Waals surface area contributed by atoms with E-state index in [4.69, 9.17) is 19.9 Å². The van der Waals surface area contributed by atoms with E-state index in [-0.39, 0.29) is 0 Å². The molecule has 0 saturated heterocycles. The summed E-state index contributed by atoms with van der Waals surface area (Å²) in [5.74, 6) is 3.05. The molecule has 0 spiro atoms. The topological polar surface area (TPSA) is 56.0 Å². The summed E-state index contributed by atoms with van der Waals surface area (Å²) < 4.78 is 4.86. The highest BCUT2D eigenvalue weighted by Gasteiger charge is 2.21. The van der Waals surface area contributed by atoms with Gasteiger partial charge in [0.2, 0.25) is 0 Å². The van der Waals surface area contributed by atoms with Crippen molar-refractivity contribution in [3.8, 4) is 34.0 Å². The lowest BCUT2D eigenvalue weighted by molar-refractivity contribution is 0.718. The van der Waals surface area contributed by atoms with E-state index in [0.717, 1.165) is 57.5 Å². The van der Waals surface area contributed by atoms with Gasteiger partial charge in [-0.2, -0.15) is 0 Å². The summed E-state index contributed by atoms with van der Waals surface area (Å²) >= 11 is 1.84. The minimum absolute atomic E-state index is 0.501. The number of hydrogen-bond acceptors (Lipinski definition) is 5. The first-order chi connectivity index (χ1) is 28.5. The maximum Gasteiger partial charge on any atom is 0.164 e. The number of aromatic nitrogens is 5. The minimum atomic E-state index is 0.501. The zero-order valence-electron chi connectivity index (χ0n) is 32.1. The molecule has 0 amide bonds. The molecule has 12 rings (SSSR count). The van der Waals surface area contributed by atoms with Crippen LogP contribution in [0, 0.1) is 11.8 Å². The van der Waals surface area contributed by atoms with Crippen molar-refractivity contribution in [2.24, 2.45) is 11.8 Å². The van der Waals surface area contributed by atoms with Crippen LogP contribution in [-0.4, -0.2) is 24.3 Å². The van der Waals surface area contributed by atoms with Gasteiger partial charge in [-0.05, 0) is 93.9 Å². The largest absolute Gasteiger partial charge is 0.291 e. The molecule has 0 radical (unpaired) electrons. The Kier molecular flexibility index (Phi) is 7.42. The molecule has 2 unspecified atom stereocenters. The van der Waals surface area contributed by atoms with Crippen LogP contribution in [0.25, 0.3) is 104 Å². The molecule has 10 aromatic rings. The van der Waals surface area contributed by atoms with Gasteiger partial charge in [-0.15, -0.1) is 11.3 Å². The van der Waals surface area contributed by atoms with Crippen molar-refractivity contribution in [1.82, 2.24) is 24.3 Å². The Morgan fingerprint density at radius 3 is 2.10 bits per heavy atom. The molecule has 58 heavy (non-hydrogen) atoms. The normalized spacial score (nSPS) is 16.6. The Morgan fingerprint density at radius 2 is 1.31 bits per heavy atom. The first-order valence-corrected chi connectivity index (χ1v) is 21.0. The maximum absolute atomic E-state index is 5.57. The van der Waals surface area contributed by atoms with Crippen molar-refractivity contribution >= 4 is 81.4 Å². The molecule has 6 aromatic carbocycles. The van der Waals surface area contributed by atoms with Crippen LogP contribution < -0.4 is 0 Å². The number of pyridine rings is 1. The molecule has 5 nitrogen and oxygen atoms in total. The lowest BCUT2D eigenvalue weighted by atomic mass is 9.88. The molecule has 0 N–H and O–H groups in total. The summed E-state index contributed by atoms with van der Waals surface area (Å²) in [4.78, 5) is 20.6. The van der Waals surface area contributed by atoms with Crippen molar-refractivity contribution in [3.05, 3.63) is 163 Å². The predicted octanol–water partition coefficient (Wildman–Crippen LogP) is 13.5. The minimum Gasteiger partial charge on any atom is -0.291 e. The van der Waals surface area contributed by atoms with Gasteiger partial charge in [0.15, 0.2) is 23.1 Å². The van der Waals surface area contributed by atoms with E-state index >= 15 is 0 Å². The van der Waals surface area contributed by atoms with Crippen LogP contribution in [0.5, 0.6) is 0 Å². The van der Waals surface area contributed by atoms with Crippen molar-refractivity contribution < 1.29 is 0 Å². The Bertz CT molecular complexity index is 3420. The highest BCUT2D eigenvalue weighted by atomic mass is 32.1. The number of rotatable bonds is 4. The Balaban J connectivity index is 1.07. The number of hydrogen-bond donors (Lipinski definition) is 0. The first kappa shape index (κ1) is 33.4. The van der Waals surface area contributed by atoms with E-state index in [1.54, 1.807) is 0 Å². The lowest BCUT2D eigenvalue weighted by Crippen LogP contribution is -2.04. The second kappa shape index (κ2) is 12.9. The number of thiophene rings is 1. The Hall–Kier alpha value is -6.76. The van der Waals surface area contributed by atoms with Crippen molar-refractivity contribution in [3.63, 3.8) is 0 Å². The Morgan fingerprint density at radius 1 is 0.586 bits per heavy atom. The van der Waals surface area contributed by atoms with Crippen LogP contribution in [0.2, 0.25) is 0 Å². The van der Waals surface area contributed by atoms with Crippen molar-refractivity contribution in [2.45, 2.75) is 26.7 Å². The number of allylic oxidation sites excluding steroid dienone is 5. The molecule has 0 saturated carbocycles. The monoisotopic (exact) mass is 763 g/mol. The quantitative estimate of drug-likeness (QED) is 0.179. The van der Waals surface area contributed by atoms with Crippen LogP contribution in [-0.2, 0) is 6.42 Å². The fraction of sp³-hybridized carbons (Fsp3) is 0.115. The van der Waals surface area contributed by atoms with Gasteiger partial charge in [0.25, 0.3) is 0 Å². The van der Waals surface area contributed by atoms with Crippen LogP contribution in [0.1, 0.15) is 37.2 Å². The number of nitrogens with zero attached hydrogens (tertiary/aromatic N) is 5. The van der Waals surface area contributed by atoms with Gasteiger partial charge in [-0.3, -0.25) is 4.40 Å². The van der Waals surface area contributed by atoms with E-state index in [2.05, 4.69) is 152 Å². The number of benzene rings is 6. The maximum atomic E-state index is 5.57. The SMILES string of the molecule is CC1C=CC(c2nc(-c3ccccc3)nc(-c3ccc(-c4cc5c6cc7ccccc7cc6sc5c5nc6c7cc8c(cc7ccc6n45)C=CC(C)C8)cc3)n2)=CC1. The van der Waals surface area contributed by atoms with E-state index in [1.165, 1.54) is 52.8 Å². The van der Waals surface area contributed by atoms with E-state index < -0.39 is 0 Å². The second-order valence-electron chi connectivity index (χ2n) is 16.1. The second-order valence-corrected chi connectivity index (χ2v) is 17.1. The molecule has 2 aliphatic carbocycles. The van der Waals surface area contributed by atoms with Gasteiger partial charge >= 0.3 is 0 Å². The summed E-state index contributed by atoms with van der Waals surface area (Å²) in [6.07, 6.45) is 13.2. The highest BCUT2D eigenvalue weighted by molar-refractivity contribution is 7.26. The van der Waals surface area contributed by atoms with Crippen molar-refractivity contribution in [2.75, 3.05) is 0 Å². The summed E-state index contributed by atoms with van der Waals surface area (Å²) in [7, 11) is 0. The molecule has 0 bridgehead atoms. The summed E-state index contributed by atoms with van der Waals surface area (Å²) in [5.41, 5.74) is 11.0. The van der Waals surface area contributed by atoms with Gasteiger partial charge < -0.3 is 0 Å². The zero-order chi connectivity index (χ0) is 38.5.